The number of aliphatic hydroxyl groups is 1. The normalized spacial score (nSPS) is 15.1. The number of carbonyl (C=O) groups is 1. The zero-order chi connectivity index (χ0) is 10.3. The fourth-order valence-electron chi connectivity index (χ4n) is 0.707. The molecule has 0 aromatic rings. The molecule has 6 heteroatoms. The zero-order valence-corrected chi connectivity index (χ0v) is 7.78. The second kappa shape index (κ2) is 5.87. The van der Waals surface area contributed by atoms with Crippen LogP contribution in [-0.2, 0) is 19.1 Å². The molecular formula is C7H15NO5. The van der Waals surface area contributed by atoms with Gasteiger partial charge in [0.15, 0.2) is 0 Å². The van der Waals surface area contributed by atoms with Crippen molar-refractivity contribution in [3.63, 3.8) is 0 Å². The van der Waals surface area contributed by atoms with Crippen LogP contribution in [0.3, 0.4) is 0 Å². The molecule has 0 radical (unpaired) electrons. The van der Waals surface area contributed by atoms with Crippen LogP contribution in [0.25, 0.3) is 0 Å². The monoisotopic (exact) mass is 193 g/mol. The van der Waals surface area contributed by atoms with E-state index in [1.165, 1.54) is 14.0 Å². The Labute approximate surface area is 76.5 Å². The van der Waals surface area contributed by atoms with Gasteiger partial charge >= 0.3 is 5.97 Å². The molecule has 0 bridgehead atoms. The molecule has 6 nitrogen and oxygen atoms in total. The van der Waals surface area contributed by atoms with E-state index in [-0.39, 0.29) is 19.8 Å². The van der Waals surface area contributed by atoms with Crippen molar-refractivity contribution in [2.45, 2.75) is 12.5 Å². The highest BCUT2D eigenvalue weighted by Gasteiger charge is 2.36. The van der Waals surface area contributed by atoms with E-state index >= 15 is 0 Å². The molecule has 0 heterocycles. The fraction of sp³-hybridized carbons (Fsp3) is 0.857. The molecular weight excluding hydrogens is 178 g/mol. The maximum Gasteiger partial charge on any atom is 0.342 e. The van der Waals surface area contributed by atoms with Crippen LogP contribution in [0.5, 0.6) is 0 Å². The summed E-state index contributed by atoms with van der Waals surface area (Å²) < 4.78 is 9.36. The molecule has 0 fully saturated rings. The van der Waals surface area contributed by atoms with Gasteiger partial charge in [-0.2, -0.15) is 0 Å². The fourth-order valence-corrected chi connectivity index (χ4v) is 0.707. The van der Waals surface area contributed by atoms with Gasteiger partial charge in [-0.05, 0) is 6.92 Å². The first-order valence-corrected chi connectivity index (χ1v) is 3.75. The molecule has 0 spiro atoms. The molecule has 0 aliphatic carbocycles. The number of esters is 1. The van der Waals surface area contributed by atoms with Crippen LogP contribution in [-0.4, -0.2) is 43.6 Å². The molecule has 0 unspecified atom stereocenters. The topological polar surface area (TPSA) is 91.0 Å². The Hall–Kier alpha value is -0.690. The SMILES string of the molecule is COC[C@](C)(ON)C(=O)OCCO. The highest BCUT2D eigenvalue weighted by molar-refractivity contribution is 5.79. The van der Waals surface area contributed by atoms with Crippen LogP contribution in [0.2, 0.25) is 0 Å². The number of methoxy groups -OCH3 is 1. The number of rotatable bonds is 6. The van der Waals surface area contributed by atoms with Crippen molar-refractivity contribution in [1.29, 1.82) is 0 Å². The summed E-state index contributed by atoms with van der Waals surface area (Å²) in [6.45, 7) is 1.12. The van der Waals surface area contributed by atoms with Crippen LogP contribution in [0, 0.1) is 0 Å². The van der Waals surface area contributed by atoms with Gasteiger partial charge in [0.1, 0.15) is 6.61 Å². The Morgan fingerprint density at radius 3 is 2.62 bits per heavy atom. The summed E-state index contributed by atoms with van der Waals surface area (Å²) in [6.07, 6.45) is 0. The maximum absolute atomic E-state index is 11.2. The van der Waals surface area contributed by atoms with Gasteiger partial charge in [0.25, 0.3) is 0 Å². The van der Waals surface area contributed by atoms with Crippen LogP contribution >= 0.6 is 0 Å². The molecule has 0 aromatic carbocycles. The van der Waals surface area contributed by atoms with Crippen molar-refractivity contribution in [3.05, 3.63) is 0 Å². The first kappa shape index (κ1) is 12.3. The summed E-state index contributed by atoms with van der Waals surface area (Å²) in [5.74, 6) is 4.26. The number of hydrogen-bond donors (Lipinski definition) is 2. The summed E-state index contributed by atoms with van der Waals surface area (Å²) in [4.78, 5) is 15.7. The molecule has 0 aliphatic rings. The molecule has 13 heavy (non-hydrogen) atoms. The lowest BCUT2D eigenvalue weighted by Gasteiger charge is -2.23. The van der Waals surface area contributed by atoms with Crippen molar-refractivity contribution >= 4 is 5.97 Å². The Bertz CT molecular complexity index is 163. The van der Waals surface area contributed by atoms with Crippen molar-refractivity contribution < 1.29 is 24.2 Å². The Kier molecular flexibility index (Phi) is 5.56. The van der Waals surface area contributed by atoms with Gasteiger partial charge in [-0.3, -0.25) is 4.84 Å². The minimum Gasteiger partial charge on any atom is -0.461 e. The largest absolute Gasteiger partial charge is 0.461 e. The number of nitrogens with two attached hydrogens (primary N) is 1. The van der Waals surface area contributed by atoms with Gasteiger partial charge in [0.2, 0.25) is 5.60 Å². The van der Waals surface area contributed by atoms with Crippen LogP contribution in [0.1, 0.15) is 6.92 Å². The third-order valence-electron chi connectivity index (χ3n) is 1.44. The van der Waals surface area contributed by atoms with Crippen molar-refractivity contribution in [3.8, 4) is 0 Å². The Morgan fingerprint density at radius 2 is 2.23 bits per heavy atom. The van der Waals surface area contributed by atoms with E-state index in [1.807, 2.05) is 0 Å². The predicted octanol–water partition coefficient (Wildman–Crippen LogP) is -1.18. The van der Waals surface area contributed by atoms with Crippen molar-refractivity contribution in [2.24, 2.45) is 5.90 Å². The Balaban J connectivity index is 4.12. The maximum atomic E-state index is 11.2. The van der Waals surface area contributed by atoms with E-state index in [0.29, 0.717) is 0 Å². The van der Waals surface area contributed by atoms with Gasteiger partial charge in [0, 0.05) is 7.11 Å². The second-order valence-electron chi connectivity index (χ2n) is 2.64. The molecule has 1 atom stereocenters. The quantitative estimate of drug-likeness (QED) is 0.407. The molecule has 3 N–H and O–H groups in total. The molecule has 78 valence electrons. The van der Waals surface area contributed by atoms with E-state index in [4.69, 9.17) is 15.7 Å². The van der Waals surface area contributed by atoms with Crippen LogP contribution in [0.15, 0.2) is 0 Å². The lowest BCUT2D eigenvalue weighted by atomic mass is 10.1. The summed E-state index contributed by atoms with van der Waals surface area (Å²) in [5.41, 5.74) is -1.32. The standard InChI is InChI=1S/C7H15NO5/c1-7(13-8,5-11-2)6(10)12-4-3-9/h9H,3-5,8H2,1-2H3/t7-/m0/s1. The molecule has 0 rings (SSSR count). The summed E-state index contributed by atoms with van der Waals surface area (Å²) >= 11 is 0. The molecule has 0 saturated heterocycles. The van der Waals surface area contributed by atoms with Gasteiger partial charge in [0.05, 0.1) is 13.2 Å². The summed E-state index contributed by atoms with van der Waals surface area (Å²) in [6, 6.07) is 0. The number of hydrogen-bond acceptors (Lipinski definition) is 6. The average Bonchev–Trinajstić information content (AvgIpc) is 2.14. The van der Waals surface area contributed by atoms with Gasteiger partial charge in [-0.25, -0.2) is 10.7 Å². The lowest BCUT2D eigenvalue weighted by molar-refractivity contribution is -0.178. The molecule has 0 aliphatic heterocycles. The third kappa shape index (κ3) is 3.69. The summed E-state index contributed by atoms with van der Waals surface area (Å²) in [7, 11) is 1.41. The zero-order valence-electron chi connectivity index (χ0n) is 7.78. The predicted molar refractivity (Wildman–Crippen MR) is 43.6 cm³/mol. The highest BCUT2D eigenvalue weighted by atomic mass is 16.7. The molecule has 0 amide bonds. The first-order chi connectivity index (χ1) is 6.10. The lowest BCUT2D eigenvalue weighted by Crippen LogP contribution is -2.46. The summed E-state index contributed by atoms with van der Waals surface area (Å²) in [5, 5.41) is 8.40. The third-order valence-corrected chi connectivity index (χ3v) is 1.44. The van der Waals surface area contributed by atoms with Crippen LogP contribution < -0.4 is 5.90 Å². The highest BCUT2D eigenvalue weighted by Crippen LogP contribution is 2.10. The number of aliphatic hydroxyl groups excluding tert-OH is 1. The smallest absolute Gasteiger partial charge is 0.342 e. The van der Waals surface area contributed by atoms with Crippen molar-refractivity contribution in [2.75, 3.05) is 26.9 Å². The van der Waals surface area contributed by atoms with E-state index in [1.54, 1.807) is 0 Å². The average molecular weight is 193 g/mol. The van der Waals surface area contributed by atoms with E-state index in [0.717, 1.165) is 0 Å². The van der Waals surface area contributed by atoms with Crippen molar-refractivity contribution in [1.82, 2.24) is 0 Å². The van der Waals surface area contributed by atoms with Gasteiger partial charge < -0.3 is 14.6 Å². The molecule has 0 saturated carbocycles. The van der Waals surface area contributed by atoms with E-state index in [9.17, 15) is 4.79 Å². The van der Waals surface area contributed by atoms with Gasteiger partial charge in [-0.1, -0.05) is 0 Å². The minimum atomic E-state index is -1.32. The number of ether oxygens (including phenoxy) is 2. The Morgan fingerprint density at radius 1 is 1.62 bits per heavy atom. The van der Waals surface area contributed by atoms with E-state index < -0.39 is 11.6 Å². The molecule has 0 aromatic heterocycles. The second-order valence-corrected chi connectivity index (χ2v) is 2.64. The minimum absolute atomic E-state index is 0.00619. The van der Waals surface area contributed by atoms with Crippen LogP contribution in [0.4, 0.5) is 0 Å². The first-order valence-electron chi connectivity index (χ1n) is 3.75. The number of carbonyl (C=O) groups excluding carboxylic acids is 1. The van der Waals surface area contributed by atoms with E-state index in [2.05, 4.69) is 9.57 Å². The van der Waals surface area contributed by atoms with Gasteiger partial charge in [-0.15, -0.1) is 0 Å².